The number of nitrogen functional groups attached to an aromatic ring is 1. The van der Waals surface area contributed by atoms with Crippen LogP contribution in [0.25, 0.3) is 0 Å². The summed E-state index contributed by atoms with van der Waals surface area (Å²) in [4.78, 5) is 12.1. The minimum absolute atomic E-state index is 0.104. The molecule has 0 saturated carbocycles. The van der Waals surface area contributed by atoms with Gasteiger partial charge in [-0.2, -0.15) is 13.2 Å². The van der Waals surface area contributed by atoms with Gasteiger partial charge in [0, 0.05) is 0 Å². The van der Waals surface area contributed by atoms with E-state index in [0.717, 1.165) is 29.5 Å². The van der Waals surface area contributed by atoms with E-state index < -0.39 is 17.6 Å². The first-order valence-corrected chi connectivity index (χ1v) is 6.56. The maximum absolute atomic E-state index is 12.5. The number of rotatable bonds is 2. The summed E-state index contributed by atoms with van der Waals surface area (Å²) in [5.74, 6) is -0.517. The molecule has 20 heavy (non-hydrogen) atoms. The molecule has 2 rings (SSSR count). The Labute approximate surface area is 121 Å². The van der Waals surface area contributed by atoms with Crippen LogP contribution in [0.2, 0.25) is 5.02 Å². The molecular formula is C12H8ClF3N2OS. The van der Waals surface area contributed by atoms with Crippen LogP contribution in [0.15, 0.2) is 29.6 Å². The minimum atomic E-state index is -4.48. The molecule has 0 radical (unpaired) electrons. The lowest BCUT2D eigenvalue weighted by atomic mass is 10.1. The topological polar surface area (TPSA) is 55.1 Å². The number of nitrogens with two attached hydrogens (primary N) is 1. The number of nitrogens with one attached hydrogen (secondary N) is 1. The number of anilines is 2. The average Bonchev–Trinajstić information content (AvgIpc) is 2.76. The van der Waals surface area contributed by atoms with Crippen LogP contribution in [0.5, 0.6) is 0 Å². The summed E-state index contributed by atoms with van der Waals surface area (Å²) < 4.78 is 37.4. The Bertz CT molecular complexity index is 654. The van der Waals surface area contributed by atoms with E-state index in [2.05, 4.69) is 5.32 Å². The van der Waals surface area contributed by atoms with Gasteiger partial charge in [-0.05, 0) is 29.6 Å². The average molecular weight is 321 g/mol. The van der Waals surface area contributed by atoms with Gasteiger partial charge in [0.15, 0.2) is 0 Å². The summed E-state index contributed by atoms with van der Waals surface area (Å²) in [5, 5.41) is 4.33. The highest BCUT2D eigenvalue weighted by Gasteiger charge is 2.30. The highest BCUT2D eigenvalue weighted by Crippen LogP contribution is 2.33. The number of hydrogen-bond acceptors (Lipinski definition) is 3. The fourth-order valence-electron chi connectivity index (χ4n) is 1.49. The summed E-state index contributed by atoms with van der Waals surface area (Å²) in [6.45, 7) is 0. The first-order chi connectivity index (χ1) is 9.29. The lowest BCUT2D eigenvalue weighted by Crippen LogP contribution is -2.13. The molecule has 1 heterocycles. The van der Waals surface area contributed by atoms with E-state index in [1.807, 2.05) is 0 Å². The summed E-state index contributed by atoms with van der Waals surface area (Å²) >= 11 is 6.92. The minimum Gasteiger partial charge on any atom is -0.397 e. The zero-order valence-corrected chi connectivity index (χ0v) is 11.4. The monoisotopic (exact) mass is 320 g/mol. The van der Waals surface area contributed by atoms with Gasteiger partial charge in [-0.25, -0.2) is 0 Å². The second-order valence-electron chi connectivity index (χ2n) is 3.85. The molecule has 0 unspecified atom stereocenters. The first-order valence-electron chi connectivity index (χ1n) is 5.30. The van der Waals surface area contributed by atoms with Crippen molar-refractivity contribution in [2.24, 2.45) is 0 Å². The zero-order valence-electron chi connectivity index (χ0n) is 9.79. The van der Waals surface area contributed by atoms with Crippen LogP contribution in [0, 0.1) is 0 Å². The normalized spacial score (nSPS) is 11.4. The molecule has 0 spiro atoms. The van der Waals surface area contributed by atoms with Crippen LogP contribution in [-0.4, -0.2) is 5.91 Å². The van der Waals surface area contributed by atoms with Gasteiger partial charge in [-0.1, -0.05) is 11.6 Å². The SMILES string of the molecule is Nc1cc(C(F)(F)F)ccc1NC(=O)c1sccc1Cl. The van der Waals surface area contributed by atoms with E-state index in [0.29, 0.717) is 0 Å². The second kappa shape index (κ2) is 5.34. The van der Waals surface area contributed by atoms with Gasteiger partial charge in [-0.15, -0.1) is 11.3 Å². The molecular weight excluding hydrogens is 313 g/mol. The number of hydrogen-bond donors (Lipinski definition) is 2. The van der Waals surface area contributed by atoms with Crippen LogP contribution >= 0.6 is 22.9 Å². The largest absolute Gasteiger partial charge is 0.416 e. The van der Waals surface area contributed by atoms with Gasteiger partial charge in [0.2, 0.25) is 0 Å². The van der Waals surface area contributed by atoms with Crippen molar-refractivity contribution in [1.82, 2.24) is 0 Å². The van der Waals surface area contributed by atoms with Crippen molar-refractivity contribution < 1.29 is 18.0 Å². The van der Waals surface area contributed by atoms with Crippen molar-refractivity contribution >= 4 is 40.2 Å². The predicted octanol–water partition coefficient (Wildman–Crippen LogP) is 4.25. The smallest absolute Gasteiger partial charge is 0.397 e. The molecule has 0 aliphatic carbocycles. The summed E-state index contributed by atoms with van der Waals surface area (Å²) in [6, 6.07) is 4.28. The fraction of sp³-hybridized carbons (Fsp3) is 0.0833. The van der Waals surface area contributed by atoms with Crippen molar-refractivity contribution in [2.75, 3.05) is 11.1 Å². The first kappa shape index (κ1) is 14.7. The number of thiophene rings is 1. The molecule has 0 aliphatic rings. The Hall–Kier alpha value is -1.73. The molecule has 106 valence electrons. The third kappa shape index (κ3) is 3.05. The molecule has 0 saturated heterocycles. The Kier molecular flexibility index (Phi) is 3.92. The third-order valence-electron chi connectivity index (χ3n) is 2.45. The summed E-state index contributed by atoms with van der Waals surface area (Å²) in [6.07, 6.45) is -4.48. The van der Waals surface area contributed by atoms with Gasteiger partial charge in [-0.3, -0.25) is 4.79 Å². The quantitative estimate of drug-likeness (QED) is 0.812. The van der Waals surface area contributed by atoms with Crippen LogP contribution in [0.3, 0.4) is 0 Å². The van der Waals surface area contributed by atoms with Crippen LogP contribution in [0.1, 0.15) is 15.2 Å². The molecule has 8 heteroatoms. The van der Waals surface area contributed by atoms with E-state index in [1.165, 1.54) is 0 Å². The van der Waals surface area contributed by atoms with Gasteiger partial charge >= 0.3 is 6.18 Å². The molecule has 0 fully saturated rings. The van der Waals surface area contributed by atoms with E-state index in [1.54, 1.807) is 11.4 Å². The molecule has 1 aromatic carbocycles. The number of amides is 1. The maximum atomic E-state index is 12.5. The molecule has 3 nitrogen and oxygen atoms in total. The molecule has 3 N–H and O–H groups in total. The Morgan fingerprint density at radius 2 is 2.00 bits per heavy atom. The van der Waals surface area contributed by atoms with E-state index >= 15 is 0 Å². The van der Waals surface area contributed by atoms with E-state index in [9.17, 15) is 18.0 Å². The summed E-state index contributed by atoms with van der Waals surface area (Å²) in [5.41, 5.74) is 4.58. The van der Waals surface area contributed by atoms with Crippen molar-refractivity contribution in [3.63, 3.8) is 0 Å². The lowest BCUT2D eigenvalue weighted by molar-refractivity contribution is -0.137. The van der Waals surface area contributed by atoms with Gasteiger partial charge in [0.25, 0.3) is 5.91 Å². The molecule has 1 aromatic heterocycles. The zero-order chi connectivity index (χ0) is 14.9. The Morgan fingerprint density at radius 1 is 1.30 bits per heavy atom. The van der Waals surface area contributed by atoms with Gasteiger partial charge < -0.3 is 11.1 Å². The highest BCUT2D eigenvalue weighted by atomic mass is 35.5. The summed E-state index contributed by atoms with van der Waals surface area (Å²) in [7, 11) is 0. The highest BCUT2D eigenvalue weighted by molar-refractivity contribution is 7.12. The van der Waals surface area contributed by atoms with E-state index in [4.69, 9.17) is 17.3 Å². The van der Waals surface area contributed by atoms with Gasteiger partial charge in [0.1, 0.15) is 4.88 Å². The number of alkyl halides is 3. The number of carbonyl (C=O) groups is 1. The standard InChI is InChI=1S/C12H8ClF3N2OS/c13-7-3-4-20-10(7)11(19)18-9-2-1-6(5-8(9)17)12(14,15)16/h1-5H,17H2,(H,18,19). The van der Waals surface area contributed by atoms with Crippen molar-refractivity contribution in [3.05, 3.63) is 45.1 Å². The van der Waals surface area contributed by atoms with E-state index in [-0.39, 0.29) is 21.3 Å². The van der Waals surface area contributed by atoms with Crippen molar-refractivity contribution in [1.29, 1.82) is 0 Å². The van der Waals surface area contributed by atoms with Crippen molar-refractivity contribution in [3.8, 4) is 0 Å². The molecule has 2 aromatic rings. The van der Waals surface area contributed by atoms with Crippen LogP contribution in [-0.2, 0) is 6.18 Å². The molecule has 0 aliphatic heterocycles. The van der Waals surface area contributed by atoms with Gasteiger partial charge in [0.05, 0.1) is 22.0 Å². The Balaban J connectivity index is 2.23. The number of halogens is 4. The molecule has 0 bridgehead atoms. The predicted molar refractivity (Wildman–Crippen MR) is 73.1 cm³/mol. The molecule has 0 atom stereocenters. The fourth-order valence-corrected chi connectivity index (χ4v) is 2.52. The number of carbonyl (C=O) groups excluding carboxylic acids is 1. The van der Waals surface area contributed by atoms with Crippen molar-refractivity contribution in [2.45, 2.75) is 6.18 Å². The third-order valence-corrected chi connectivity index (χ3v) is 3.79. The van der Waals surface area contributed by atoms with Crippen LogP contribution in [0.4, 0.5) is 24.5 Å². The van der Waals surface area contributed by atoms with Crippen LogP contribution < -0.4 is 11.1 Å². The maximum Gasteiger partial charge on any atom is 0.416 e. The Morgan fingerprint density at radius 3 is 2.50 bits per heavy atom. The lowest BCUT2D eigenvalue weighted by Gasteiger charge is -2.11. The number of benzene rings is 1. The second-order valence-corrected chi connectivity index (χ2v) is 5.17. The molecule has 1 amide bonds.